The van der Waals surface area contributed by atoms with Gasteiger partial charge in [-0.3, -0.25) is 14.4 Å². The van der Waals surface area contributed by atoms with Gasteiger partial charge in [0.05, 0.1) is 35.1 Å². The SMILES string of the molecule is O=C(Nc1ccc(F)cn1)c1cnc2c(c1)NC(=O)C1CN(C(=O)c3cc(F)ccc3C(F)(F)F)CCN21. The van der Waals surface area contributed by atoms with E-state index in [4.69, 9.17) is 0 Å². The number of hydrogen-bond acceptors (Lipinski definition) is 6. The lowest BCUT2D eigenvalue weighted by molar-refractivity contribution is -0.138. The summed E-state index contributed by atoms with van der Waals surface area (Å²) < 4.78 is 67.0. The predicted octanol–water partition coefficient (Wildman–Crippen LogP) is 3.31. The van der Waals surface area contributed by atoms with Crippen molar-refractivity contribution in [2.45, 2.75) is 12.2 Å². The van der Waals surface area contributed by atoms with E-state index in [9.17, 15) is 36.3 Å². The Labute approximate surface area is 211 Å². The third-order valence-electron chi connectivity index (χ3n) is 6.12. The summed E-state index contributed by atoms with van der Waals surface area (Å²) >= 11 is 0. The first-order chi connectivity index (χ1) is 18.0. The van der Waals surface area contributed by atoms with Crippen LogP contribution < -0.4 is 15.5 Å². The molecular formula is C24H17F5N6O3. The van der Waals surface area contributed by atoms with Gasteiger partial charge < -0.3 is 20.4 Å². The first-order valence-electron chi connectivity index (χ1n) is 11.2. The molecule has 1 fully saturated rings. The van der Waals surface area contributed by atoms with Gasteiger partial charge >= 0.3 is 6.18 Å². The summed E-state index contributed by atoms with van der Waals surface area (Å²) in [4.78, 5) is 49.1. The monoisotopic (exact) mass is 532 g/mol. The number of piperazine rings is 1. The van der Waals surface area contributed by atoms with E-state index in [-0.39, 0.29) is 36.7 Å². The summed E-state index contributed by atoms with van der Waals surface area (Å²) in [6.45, 7) is -0.278. The third-order valence-corrected chi connectivity index (χ3v) is 6.12. The van der Waals surface area contributed by atoms with Crippen molar-refractivity contribution in [3.8, 4) is 0 Å². The molecule has 0 bridgehead atoms. The van der Waals surface area contributed by atoms with Gasteiger partial charge in [0.15, 0.2) is 5.82 Å². The second-order valence-electron chi connectivity index (χ2n) is 8.55. The number of hydrogen-bond donors (Lipinski definition) is 2. The Bertz CT molecular complexity index is 1450. The Morgan fingerprint density at radius 2 is 1.76 bits per heavy atom. The van der Waals surface area contributed by atoms with Crippen molar-refractivity contribution < 1.29 is 36.3 Å². The van der Waals surface area contributed by atoms with E-state index in [1.165, 1.54) is 18.3 Å². The number of nitrogens with zero attached hydrogens (tertiary/aromatic N) is 4. The number of nitrogens with one attached hydrogen (secondary N) is 2. The molecule has 14 heteroatoms. The van der Waals surface area contributed by atoms with E-state index in [0.717, 1.165) is 17.2 Å². The Morgan fingerprint density at radius 3 is 2.47 bits per heavy atom. The van der Waals surface area contributed by atoms with Gasteiger partial charge in [-0.1, -0.05) is 0 Å². The van der Waals surface area contributed by atoms with E-state index >= 15 is 0 Å². The molecule has 4 heterocycles. The zero-order valence-electron chi connectivity index (χ0n) is 19.2. The number of anilines is 3. The van der Waals surface area contributed by atoms with Crippen molar-refractivity contribution in [2.24, 2.45) is 0 Å². The molecule has 0 aliphatic carbocycles. The molecule has 3 aromatic rings. The number of aromatic nitrogens is 2. The molecule has 9 nitrogen and oxygen atoms in total. The van der Waals surface area contributed by atoms with Gasteiger partial charge in [-0.05, 0) is 36.4 Å². The van der Waals surface area contributed by atoms with Crippen molar-refractivity contribution in [1.82, 2.24) is 14.9 Å². The maximum atomic E-state index is 13.7. The lowest BCUT2D eigenvalue weighted by Gasteiger charge is -2.44. The average molecular weight is 532 g/mol. The third kappa shape index (κ3) is 4.71. The van der Waals surface area contributed by atoms with Crippen LogP contribution in [-0.2, 0) is 11.0 Å². The highest BCUT2D eigenvalue weighted by molar-refractivity contribution is 6.08. The highest BCUT2D eigenvalue weighted by atomic mass is 19.4. The smallest absolute Gasteiger partial charge is 0.339 e. The highest BCUT2D eigenvalue weighted by Gasteiger charge is 2.42. The van der Waals surface area contributed by atoms with Gasteiger partial charge in [-0.25, -0.2) is 18.7 Å². The van der Waals surface area contributed by atoms with Crippen LogP contribution in [0.5, 0.6) is 0 Å². The second kappa shape index (κ2) is 9.36. The Morgan fingerprint density at radius 1 is 1.00 bits per heavy atom. The first-order valence-corrected chi connectivity index (χ1v) is 11.2. The van der Waals surface area contributed by atoms with Crippen LogP contribution >= 0.6 is 0 Å². The number of rotatable bonds is 3. The van der Waals surface area contributed by atoms with Crippen LogP contribution in [0.3, 0.4) is 0 Å². The van der Waals surface area contributed by atoms with E-state index in [2.05, 4.69) is 20.6 Å². The molecule has 1 aromatic carbocycles. The number of alkyl halides is 3. The van der Waals surface area contributed by atoms with Crippen molar-refractivity contribution >= 4 is 35.0 Å². The molecule has 196 valence electrons. The van der Waals surface area contributed by atoms with Gasteiger partial charge in [-0.15, -0.1) is 0 Å². The first kappa shape index (κ1) is 25.0. The van der Waals surface area contributed by atoms with E-state index in [0.29, 0.717) is 24.0 Å². The molecule has 1 atom stereocenters. The van der Waals surface area contributed by atoms with Crippen molar-refractivity contribution in [3.05, 3.63) is 77.1 Å². The van der Waals surface area contributed by atoms with Gasteiger partial charge in [0.2, 0.25) is 5.91 Å². The molecular weight excluding hydrogens is 515 g/mol. The van der Waals surface area contributed by atoms with Crippen molar-refractivity contribution in [3.63, 3.8) is 0 Å². The molecule has 0 spiro atoms. The standard InChI is InChI=1S/C24H17F5N6O3/c25-13-1-3-16(24(27,28)29)15(8-13)23(38)34-5-6-35-18(11-34)22(37)32-17-7-12(9-31-20(17)35)21(36)33-19-4-2-14(26)10-30-19/h1-4,7-10,18H,5-6,11H2,(H,32,37)(H,30,33,36). The molecule has 2 aliphatic rings. The fourth-order valence-corrected chi connectivity index (χ4v) is 4.31. The van der Waals surface area contributed by atoms with Gasteiger partial charge in [0.25, 0.3) is 11.8 Å². The zero-order valence-corrected chi connectivity index (χ0v) is 19.2. The summed E-state index contributed by atoms with van der Waals surface area (Å²) in [7, 11) is 0. The molecule has 1 unspecified atom stereocenters. The Hall–Kier alpha value is -4.62. The van der Waals surface area contributed by atoms with Crippen LogP contribution in [0.25, 0.3) is 0 Å². The summed E-state index contributed by atoms with van der Waals surface area (Å²) in [5.74, 6) is -3.39. The number of carbonyl (C=O) groups is 3. The number of benzene rings is 1. The van der Waals surface area contributed by atoms with Gasteiger partial charge in [0.1, 0.15) is 23.5 Å². The Balaban J connectivity index is 1.35. The summed E-state index contributed by atoms with van der Waals surface area (Å²) in [6.07, 6.45) is -2.68. The minimum Gasteiger partial charge on any atom is -0.339 e. The minimum absolute atomic E-state index is 0.0472. The van der Waals surface area contributed by atoms with Crippen LogP contribution in [0, 0.1) is 11.6 Å². The van der Waals surface area contributed by atoms with Gasteiger partial charge in [-0.2, -0.15) is 13.2 Å². The summed E-state index contributed by atoms with van der Waals surface area (Å²) in [6, 6.07) is 4.47. The number of carbonyl (C=O) groups excluding carboxylic acids is 3. The van der Waals surface area contributed by atoms with Crippen LogP contribution in [-0.4, -0.2) is 58.3 Å². The van der Waals surface area contributed by atoms with Crippen LogP contribution in [0.1, 0.15) is 26.3 Å². The molecule has 0 radical (unpaired) electrons. The topological polar surface area (TPSA) is 108 Å². The zero-order chi connectivity index (χ0) is 27.2. The number of halogens is 5. The van der Waals surface area contributed by atoms with Crippen LogP contribution in [0.4, 0.5) is 39.3 Å². The number of pyridine rings is 2. The summed E-state index contributed by atoms with van der Waals surface area (Å²) in [5, 5.41) is 5.08. The highest BCUT2D eigenvalue weighted by Crippen LogP contribution is 2.35. The lowest BCUT2D eigenvalue weighted by atomic mass is 10.0. The van der Waals surface area contributed by atoms with Crippen molar-refractivity contribution in [1.29, 1.82) is 0 Å². The van der Waals surface area contributed by atoms with E-state index in [1.807, 2.05) is 0 Å². The van der Waals surface area contributed by atoms with Crippen molar-refractivity contribution in [2.75, 3.05) is 35.2 Å². The van der Waals surface area contributed by atoms with Gasteiger partial charge in [0, 0.05) is 19.3 Å². The summed E-state index contributed by atoms with van der Waals surface area (Å²) in [5.41, 5.74) is -1.82. The fraction of sp³-hybridized carbons (Fsp3) is 0.208. The lowest BCUT2D eigenvalue weighted by Crippen LogP contribution is -2.61. The quantitative estimate of drug-likeness (QED) is 0.502. The molecule has 2 aromatic heterocycles. The van der Waals surface area contributed by atoms with Crippen LogP contribution in [0.2, 0.25) is 0 Å². The normalized spacial score (nSPS) is 16.9. The van der Waals surface area contributed by atoms with E-state index in [1.54, 1.807) is 4.90 Å². The molecule has 2 aliphatic heterocycles. The maximum Gasteiger partial charge on any atom is 0.417 e. The minimum atomic E-state index is -4.87. The predicted molar refractivity (Wildman–Crippen MR) is 123 cm³/mol. The molecule has 0 saturated carbocycles. The second-order valence-corrected chi connectivity index (χ2v) is 8.55. The van der Waals surface area contributed by atoms with Crippen LogP contribution in [0.15, 0.2) is 48.8 Å². The Kier molecular flexibility index (Phi) is 6.17. The van der Waals surface area contributed by atoms with E-state index < -0.39 is 52.7 Å². The fourth-order valence-electron chi connectivity index (χ4n) is 4.31. The number of amides is 3. The molecule has 3 amide bonds. The average Bonchev–Trinajstić information content (AvgIpc) is 2.88. The number of fused-ring (bicyclic) bond motifs is 3. The molecule has 1 saturated heterocycles. The molecule has 2 N–H and O–H groups in total. The molecule has 38 heavy (non-hydrogen) atoms. The molecule has 5 rings (SSSR count). The largest absolute Gasteiger partial charge is 0.417 e. The maximum absolute atomic E-state index is 13.7.